The minimum atomic E-state index is -0.145. The third-order valence-corrected chi connectivity index (χ3v) is 6.22. The Labute approximate surface area is 174 Å². The van der Waals surface area contributed by atoms with Crippen LogP contribution in [0.3, 0.4) is 0 Å². The number of para-hydroxylation sites is 1. The fourth-order valence-corrected chi connectivity index (χ4v) is 4.43. The fraction of sp³-hybridized carbons (Fsp3) is 0.304. The number of carbonyl (C=O) groups excluding carboxylic acids is 1. The van der Waals surface area contributed by atoms with E-state index in [1.807, 2.05) is 44.4 Å². The molecule has 1 amide bonds. The largest absolute Gasteiger partial charge is 0.451 e. The first-order chi connectivity index (χ1) is 13.9. The van der Waals surface area contributed by atoms with E-state index in [9.17, 15) is 4.79 Å². The second-order valence-electron chi connectivity index (χ2n) is 7.61. The van der Waals surface area contributed by atoms with Crippen LogP contribution in [0.15, 0.2) is 46.9 Å². The van der Waals surface area contributed by atoms with E-state index < -0.39 is 0 Å². The molecule has 0 aliphatic heterocycles. The molecule has 5 nitrogen and oxygen atoms in total. The van der Waals surface area contributed by atoms with Crippen LogP contribution in [-0.2, 0) is 0 Å². The summed E-state index contributed by atoms with van der Waals surface area (Å²) in [6, 6.07) is 13.7. The van der Waals surface area contributed by atoms with Crippen molar-refractivity contribution in [3.8, 4) is 0 Å². The Balaban J connectivity index is 1.72. The molecule has 4 aromatic rings. The average Bonchev–Trinajstić information content (AvgIpc) is 3.32. The summed E-state index contributed by atoms with van der Waals surface area (Å²) >= 11 is 1.56. The molecule has 0 atom stereocenters. The Bertz CT molecular complexity index is 1140. The van der Waals surface area contributed by atoms with Gasteiger partial charge in [-0.1, -0.05) is 35.6 Å². The van der Waals surface area contributed by atoms with Crippen LogP contribution < -0.4 is 4.90 Å². The predicted octanol–water partition coefficient (Wildman–Crippen LogP) is 5.26. The number of thiazole rings is 1. The number of aromatic nitrogens is 1. The Hall–Kier alpha value is -2.70. The van der Waals surface area contributed by atoms with Crippen LogP contribution in [0.2, 0.25) is 0 Å². The standard InChI is InChI=1S/C23H25N3O2S/c1-15-10-11-20-21(16(15)2)24-23(29-20)26(13-7-12-25(3)4)22(27)19-14-17-8-5-6-9-18(17)28-19/h5-6,8-11,14H,7,12-13H2,1-4H3. The second kappa shape index (κ2) is 7.97. The molecular formula is C23H25N3O2S. The summed E-state index contributed by atoms with van der Waals surface area (Å²) in [6.45, 7) is 5.65. The van der Waals surface area contributed by atoms with E-state index in [2.05, 4.69) is 30.9 Å². The topological polar surface area (TPSA) is 49.6 Å². The van der Waals surface area contributed by atoms with E-state index in [0.29, 0.717) is 12.3 Å². The zero-order chi connectivity index (χ0) is 20.5. The number of fused-ring (bicyclic) bond motifs is 2. The number of furan rings is 1. The number of aryl methyl sites for hydroxylation is 2. The molecule has 0 saturated heterocycles. The minimum Gasteiger partial charge on any atom is -0.451 e. The maximum atomic E-state index is 13.4. The van der Waals surface area contributed by atoms with Crippen LogP contribution >= 0.6 is 11.3 Å². The van der Waals surface area contributed by atoms with Crippen LogP contribution in [0.25, 0.3) is 21.2 Å². The smallest absolute Gasteiger partial charge is 0.295 e. The van der Waals surface area contributed by atoms with E-state index in [4.69, 9.17) is 9.40 Å². The van der Waals surface area contributed by atoms with Crippen molar-refractivity contribution in [3.63, 3.8) is 0 Å². The summed E-state index contributed by atoms with van der Waals surface area (Å²) in [6.07, 6.45) is 0.854. The zero-order valence-electron chi connectivity index (χ0n) is 17.2. The van der Waals surface area contributed by atoms with Crippen LogP contribution in [0, 0.1) is 13.8 Å². The van der Waals surface area contributed by atoms with E-state index in [0.717, 1.165) is 44.8 Å². The third-order valence-electron chi connectivity index (χ3n) is 5.17. The highest BCUT2D eigenvalue weighted by Crippen LogP contribution is 2.33. The molecule has 0 bridgehead atoms. The maximum absolute atomic E-state index is 13.4. The molecule has 0 saturated carbocycles. The first-order valence-corrected chi connectivity index (χ1v) is 10.6. The predicted molar refractivity (Wildman–Crippen MR) is 120 cm³/mol. The lowest BCUT2D eigenvalue weighted by Crippen LogP contribution is -2.33. The van der Waals surface area contributed by atoms with Crippen molar-refractivity contribution in [2.75, 3.05) is 32.1 Å². The molecule has 2 heterocycles. The molecule has 0 aliphatic rings. The van der Waals surface area contributed by atoms with Gasteiger partial charge < -0.3 is 9.32 Å². The van der Waals surface area contributed by atoms with Gasteiger partial charge in [0, 0.05) is 11.9 Å². The summed E-state index contributed by atoms with van der Waals surface area (Å²) < 4.78 is 6.95. The van der Waals surface area contributed by atoms with Crippen molar-refractivity contribution >= 4 is 43.6 Å². The first-order valence-electron chi connectivity index (χ1n) is 9.76. The minimum absolute atomic E-state index is 0.145. The average molecular weight is 408 g/mol. The lowest BCUT2D eigenvalue weighted by atomic mass is 10.1. The first kappa shape index (κ1) is 19.6. The number of benzene rings is 2. The highest BCUT2D eigenvalue weighted by Gasteiger charge is 2.24. The number of hydrogen-bond acceptors (Lipinski definition) is 5. The molecule has 29 heavy (non-hydrogen) atoms. The van der Waals surface area contributed by atoms with Crippen molar-refractivity contribution in [2.24, 2.45) is 0 Å². The number of nitrogens with zero attached hydrogens (tertiary/aromatic N) is 3. The molecular weight excluding hydrogens is 382 g/mol. The number of carbonyl (C=O) groups is 1. The normalized spacial score (nSPS) is 11.6. The lowest BCUT2D eigenvalue weighted by Gasteiger charge is -2.19. The highest BCUT2D eigenvalue weighted by molar-refractivity contribution is 7.22. The van der Waals surface area contributed by atoms with Gasteiger partial charge >= 0.3 is 0 Å². The van der Waals surface area contributed by atoms with Gasteiger partial charge in [-0.05, 0) is 70.2 Å². The van der Waals surface area contributed by atoms with E-state index >= 15 is 0 Å². The molecule has 0 aliphatic carbocycles. The Morgan fingerprint density at radius 2 is 1.90 bits per heavy atom. The number of rotatable bonds is 6. The summed E-state index contributed by atoms with van der Waals surface area (Å²) in [5.74, 6) is 0.205. The van der Waals surface area contributed by atoms with Crippen molar-refractivity contribution in [1.29, 1.82) is 0 Å². The molecule has 2 aromatic heterocycles. The van der Waals surface area contributed by atoms with Crippen LogP contribution in [-0.4, -0.2) is 43.0 Å². The Morgan fingerprint density at radius 3 is 2.66 bits per heavy atom. The number of anilines is 1. The van der Waals surface area contributed by atoms with Crippen LogP contribution in [0.5, 0.6) is 0 Å². The quantitative estimate of drug-likeness (QED) is 0.438. The summed E-state index contributed by atoms with van der Waals surface area (Å²) in [5.41, 5.74) is 4.06. The molecule has 150 valence electrons. The fourth-order valence-electron chi connectivity index (χ4n) is 3.38. The molecule has 4 rings (SSSR count). The number of amides is 1. The van der Waals surface area contributed by atoms with Crippen molar-refractivity contribution in [3.05, 3.63) is 59.4 Å². The Kier molecular flexibility index (Phi) is 5.39. The van der Waals surface area contributed by atoms with Gasteiger partial charge in [0.2, 0.25) is 0 Å². The van der Waals surface area contributed by atoms with Gasteiger partial charge in [0.1, 0.15) is 5.58 Å². The van der Waals surface area contributed by atoms with Gasteiger partial charge in [-0.15, -0.1) is 0 Å². The zero-order valence-corrected chi connectivity index (χ0v) is 18.0. The van der Waals surface area contributed by atoms with E-state index in [1.165, 1.54) is 5.56 Å². The molecule has 2 aromatic carbocycles. The van der Waals surface area contributed by atoms with Crippen molar-refractivity contribution in [2.45, 2.75) is 20.3 Å². The monoisotopic (exact) mass is 407 g/mol. The molecule has 0 unspecified atom stereocenters. The number of hydrogen-bond donors (Lipinski definition) is 0. The highest BCUT2D eigenvalue weighted by atomic mass is 32.1. The summed E-state index contributed by atoms with van der Waals surface area (Å²) in [4.78, 5) is 22.1. The maximum Gasteiger partial charge on any atom is 0.295 e. The second-order valence-corrected chi connectivity index (χ2v) is 8.62. The van der Waals surface area contributed by atoms with Gasteiger partial charge in [0.05, 0.1) is 10.2 Å². The SMILES string of the molecule is Cc1ccc2sc(N(CCCN(C)C)C(=O)c3cc4ccccc4o3)nc2c1C. The molecule has 0 N–H and O–H groups in total. The van der Waals surface area contributed by atoms with Gasteiger partial charge in [0.25, 0.3) is 5.91 Å². The van der Waals surface area contributed by atoms with E-state index in [-0.39, 0.29) is 5.91 Å². The summed E-state index contributed by atoms with van der Waals surface area (Å²) in [5, 5.41) is 1.65. The van der Waals surface area contributed by atoms with Gasteiger partial charge in [-0.3, -0.25) is 9.69 Å². The van der Waals surface area contributed by atoms with E-state index in [1.54, 1.807) is 16.2 Å². The lowest BCUT2D eigenvalue weighted by molar-refractivity contribution is 0.0961. The molecule has 6 heteroatoms. The van der Waals surface area contributed by atoms with Gasteiger partial charge in [0.15, 0.2) is 10.9 Å². The van der Waals surface area contributed by atoms with Gasteiger partial charge in [-0.2, -0.15) is 0 Å². The summed E-state index contributed by atoms with van der Waals surface area (Å²) in [7, 11) is 4.07. The van der Waals surface area contributed by atoms with Crippen molar-refractivity contribution in [1.82, 2.24) is 9.88 Å². The van der Waals surface area contributed by atoms with Crippen LogP contribution in [0.4, 0.5) is 5.13 Å². The Morgan fingerprint density at radius 1 is 1.10 bits per heavy atom. The third kappa shape index (κ3) is 3.91. The van der Waals surface area contributed by atoms with Gasteiger partial charge in [-0.25, -0.2) is 4.98 Å². The molecule has 0 fully saturated rings. The van der Waals surface area contributed by atoms with Crippen molar-refractivity contribution < 1.29 is 9.21 Å². The molecule has 0 radical (unpaired) electrons. The molecule has 0 spiro atoms. The van der Waals surface area contributed by atoms with Crippen LogP contribution in [0.1, 0.15) is 28.1 Å².